The molecule has 11 rings (SSSR count). The van der Waals surface area contributed by atoms with Crippen molar-refractivity contribution in [2.45, 2.75) is 0 Å². The van der Waals surface area contributed by atoms with Gasteiger partial charge in [0.25, 0.3) is 0 Å². The summed E-state index contributed by atoms with van der Waals surface area (Å²) in [6.07, 6.45) is 0. The van der Waals surface area contributed by atoms with Crippen LogP contribution in [0.3, 0.4) is 0 Å². The predicted octanol–water partition coefficient (Wildman–Crippen LogP) is 14.4. The minimum absolute atomic E-state index is 0.924. The number of hydrogen-bond donors (Lipinski definition) is 0. The first kappa shape index (κ1) is 27.7. The molecule has 0 bridgehead atoms. The summed E-state index contributed by atoms with van der Waals surface area (Å²) >= 11 is 1.88. The maximum Gasteiger partial charge on any atom is 0.143 e. The van der Waals surface area contributed by atoms with Gasteiger partial charge in [0.05, 0.1) is 0 Å². The highest BCUT2D eigenvalue weighted by Crippen LogP contribution is 2.46. The lowest BCUT2D eigenvalue weighted by Gasteiger charge is -2.17. The Kier molecular flexibility index (Phi) is 5.89. The van der Waals surface area contributed by atoms with Gasteiger partial charge in [0.1, 0.15) is 11.2 Å². The second-order valence-corrected chi connectivity index (χ2v) is 14.3. The van der Waals surface area contributed by atoms with Gasteiger partial charge in [-0.25, -0.2) is 0 Å². The molecule has 9 aromatic carbocycles. The van der Waals surface area contributed by atoms with Gasteiger partial charge in [-0.2, -0.15) is 0 Å². The van der Waals surface area contributed by atoms with Crippen LogP contribution in [-0.2, 0) is 0 Å². The zero-order valence-electron chi connectivity index (χ0n) is 27.0. The van der Waals surface area contributed by atoms with Crippen LogP contribution >= 0.6 is 11.3 Å². The van der Waals surface area contributed by atoms with E-state index in [1.54, 1.807) is 0 Å². The summed E-state index contributed by atoms with van der Waals surface area (Å²) in [7, 11) is 0. The Hall–Kier alpha value is -6.22. The maximum absolute atomic E-state index is 6.51. The van der Waals surface area contributed by atoms with Crippen LogP contribution in [-0.4, -0.2) is 0 Å². The van der Waals surface area contributed by atoms with Gasteiger partial charge in [0.15, 0.2) is 0 Å². The largest absolute Gasteiger partial charge is 0.455 e. The van der Waals surface area contributed by atoms with Gasteiger partial charge in [0.2, 0.25) is 0 Å². The average Bonchev–Trinajstić information content (AvgIpc) is 3.74. The highest BCUT2D eigenvalue weighted by Gasteiger charge is 2.18. The number of hydrogen-bond acceptors (Lipinski definition) is 2. The van der Waals surface area contributed by atoms with Crippen molar-refractivity contribution in [2.24, 2.45) is 0 Å². The van der Waals surface area contributed by atoms with E-state index in [2.05, 4.69) is 170 Å². The molecule has 0 atom stereocenters. The smallest absolute Gasteiger partial charge is 0.143 e. The van der Waals surface area contributed by atoms with E-state index in [0.29, 0.717) is 0 Å². The number of rotatable bonds is 3. The fourth-order valence-corrected chi connectivity index (χ4v) is 9.34. The van der Waals surface area contributed by atoms with E-state index in [0.717, 1.165) is 32.9 Å². The quantitative estimate of drug-likeness (QED) is 0.173. The van der Waals surface area contributed by atoms with E-state index >= 15 is 0 Å². The molecular weight excluding hydrogens is 625 g/mol. The zero-order valence-corrected chi connectivity index (χ0v) is 27.8. The summed E-state index contributed by atoms with van der Waals surface area (Å²) in [5.74, 6) is 0. The van der Waals surface area contributed by atoms with E-state index in [-0.39, 0.29) is 0 Å². The van der Waals surface area contributed by atoms with E-state index in [9.17, 15) is 0 Å². The van der Waals surface area contributed by atoms with Crippen LogP contribution < -0.4 is 0 Å². The second kappa shape index (κ2) is 10.6. The monoisotopic (exact) mass is 652 g/mol. The minimum atomic E-state index is 0.924. The molecule has 0 radical (unpaired) electrons. The summed E-state index contributed by atoms with van der Waals surface area (Å²) in [4.78, 5) is 0. The fourth-order valence-electron chi connectivity index (χ4n) is 8.15. The van der Waals surface area contributed by atoms with Crippen molar-refractivity contribution in [3.8, 4) is 33.4 Å². The highest BCUT2D eigenvalue weighted by atomic mass is 32.1. The van der Waals surface area contributed by atoms with Crippen LogP contribution in [0, 0.1) is 0 Å². The van der Waals surface area contributed by atoms with Crippen LogP contribution in [0.2, 0.25) is 0 Å². The Labute approximate surface area is 292 Å². The van der Waals surface area contributed by atoms with Gasteiger partial charge in [-0.05, 0) is 90.6 Å². The molecule has 0 aliphatic carbocycles. The van der Waals surface area contributed by atoms with Gasteiger partial charge in [0, 0.05) is 36.3 Å². The number of furan rings is 1. The Bertz CT molecular complexity index is 3090. The number of benzene rings is 9. The molecule has 0 unspecified atom stereocenters. The van der Waals surface area contributed by atoms with Crippen LogP contribution in [0.1, 0.15) is 0 Å². The van der Waals surface area contributed by atoms with Crippen molar-refractivity contribution in [2.75, 3.05) is 0 Å². The molecule has 0 fully saturated rings. The van der Waals surface area contributed by atoms with E-state index in [1.165, 1.54) is 74.9 Å². The Morgan fingerprint density at radius 3 is 1.50 bits per heavy atom. The van der Waals surface area contributed by atoms with Crippen molar-refractivity contribution in [1.82, 2.24) is 0 Å². The molecule has 11 aromatic rings. The van der Waals surface area contributed by atoms with Gasteiger partial charge in [-0.15, -0.1) is 11.3 Å². The third kappa shape index (κ3) is 4.06. The predicted molar refractivity (Wildman–Crippen MR) is 215 cm³/mol. The molecule has 2 aromatic heterocycles. The second-order valence-electron chi connectivity index (χ2n) is 13.2. The Morgan fingerprint density at radius 1 is 0.320 bits per heavy atom. The summed E-state index contributed by atoms with van der Waals surface area (Å²) < 4.78 is 9.11. The molecule has 0 saturated heterocycles. The molecule has 0 N–H and O–H groups in total. The lowest BCUT2D eigenvalue weighted by atomic mass is 9.86. The highest BCUT2D eigenvalue weighted by molar-refractivity contribution is 7.25. The van der Waals surface area contributed by atoms with E-state index in [4.69, 9.17) is 4.42 Å². The molecule has 0 saturated carbocycles. The van der Waals surface area contributed by atoms with Gasteiger partial charge < -0.3 is 4.42 Å². The number of fused-ring (bicyclic) bond motifs is 10. The third-order valence-corrected chi connectivity index (χ3v) is 11.6. The van der Waals surface area contributed by atoms with Gasteiger partial charge in [-0.1, -0.05) is 140 Å². The van der Waals surface area contributed by atoms with Crippen molar-refractivity contribution in [1.29, 1.82) is 0 Å². The van der Waals surface area contributed by atoms with Gasteiger partial charge in [-0.3, -0.25) is 0 Å². The normalized spacial score (nSPS) is 12.0. The Balaban J connectivity index is 1.06. The zero-order chi connectivity index (χ0) is 32.8. The Morgan fingerprint density at radius 2 is 0.820 bits per heavy atom. The lowest BCUT2D eigenvalue weighted by molar-refractivity contribution is 0.673. The number of thiophene rings is 1. The topological polar surface area (TPSA) is 13.1 Å². The summed E-state index contributed by atoms with van der Waals surface area (Å²) in [6, 6.07) is 62.0. The molecular formula is C48H28OS. The van der Waals surface area contributed by atoms with Crippen molar-refractivity contribution >= 4 is 85.8 Å². The van der Waals surface area contributed by atoms with Crippen LogP contribution in [0.5, 0.6) is 0 Å². The summed E-state index contributed by atoms with van der Waals surface area (Å²) in [5.41, 5.74) is 9.33. The fraction of sp³-hybridized carbons (Fsp3) is 0. The molecule has 0 amide bonds. The molecule has 0 spiro atoms. The van der Waals surface area contributed by atoms with Crippen molar-refractivity contribution in [3.63, 3.8) is 0 Å². The van der Waals surface area contributed by atoms with Crippen LogP contribution in [0.15, 0.2) is 174 Å². The minimum Gasteiger partial charge on any atom is -0.455 e. The average molecular weight is 653 g/mol. The van der Waals surface area contributed by atoms with Gasteiger partial charge >= 0.3 is 0 Å². The molecule has 1 nitrogen and oxygen atoms in total. The molecule has 2 heteroatoms. The van der Waals surface area contributed by atoms with E-state index < -0.39 is 0 Å². The molecule has 232 valence electrons. The summed E-state index contributed by atoms with van der Waals surface area (Å²) in [6.45, 7) is 0. The van der Waals surface area contributed by atoms with Crippen molar-refractivity contribution < 1.29 is 4.42 Å². The standard InChI is InChI=1S/C48H28OS/c1-2-11-30(12-3-1)46-38-14-6-8-16-40(38)47(41-17-9-7-15-39(41)46)33-21-24-37-36-23-20-32(27-44(36)50-45(37)28-33)31-19-22-35-42-25-18-29-10-4-5-13-34(29)48(42)49-43(35)26-31/h1-28H. The van der Waals surface area contributed by atoms with Crippen molar-refractivity contribution in [3.05, 3.63) is 170 Å². The van der Waals surface area contributed by atoms with Crippen LogP contribution in [0.4, 0.5) is 0 Å². The van der Waals surface area contributed by atoms with E-state index in [1.807, 2.05) is 11.3 Å². The summed E-state index contributed by atoms with van der Waals surface area (Å²) in [5, 5.41) is 12.4. The lowest BCUT2D eigenvalue weighted by Crippen LogP contribution is -1.90. The first-order valence-electron chi connectivity index (χ1n) is 17.1. The SMILES string of the molecule is c1ccc(-c2c3ccccc3c(-c3ccc4c(c3)sc3cc(-c5ccc6c(c5)oc5c7ccccc7ccc65)ccc34)c3ccccc23)cc1. The molecule has 50 heavy (non-hydrogen) atoms. The molecule has 0 aliphatic heterocycles. The maximum atomic E-state index is 6.51. The first-order chi connectivity index (χ1) is 24.8. The molecule has 0 aliphatic rings. The molecule has 2 heterocycles. The third-order valence-electron chi connectivity index (χ3n) is 10.5. The van der Waals surface area contributed by atoms with Crippen LogP contribution in [0.25, 0.3) is 108 Å². The first-order valence-corrected chi connectivity index (χ1v) is 17.9.